The lowest BCUT2D eigenvalue weighted by molar-refractivity contribution is 0.100. The third-order valence-electron chi connectivity index (χ3n) is 4.24. The van der Waals surface area contributed by atoms with E-state index in [1.54, 1.807) is 43.8 Å². The highest BCUT2D eigenvalue weighted by atomic mass is 16.5. The Bertz CT molecular complexity index is 1120. The number of fused-ring (bicyclic) bond motifs is 1. The Hall–Kier alpha value is -3.87. The quantitative estimate of drug-likeness (QED) is 0.570. The minimum absolute atomic E-state index is 0.450. The fourth-order valence-electron chi connectivity index (χ4n) is 2.92. The number of amides is 1. The van der Waals surface area contributed by atoms with Crippen LogP contribution in [0.1, 0.15) is 10.4 Å². The van der Waals surface area contributed by atoms with Gasteiger partial charge in [-0.25, -0.2) is 9.97 Å². The molecule has 7 heteroatoms. The van der Waals surface area contributed by atoms with Crippen LogP contribution in [0.4, 0.5) is 11.5 Å². The number of imidazole rings is 1. The molecule has 0 aliphatic heterocycles. The van der Waals surface area contributed by atoms with Crippen molar-refractivity contribution >= 4 is 23.1 Å². The van der Waals surface area contributed by atoms with Gasteiger partial charge in [-0.2, -0.15) is 0 Å². The molecule has 0 radical (unpaired) electrons. The highest BCUT2D eigenvalue weighted by Gasteiger charge is 2.13. The third-order valence-corrected chi connectivity index (χ3v) is 4.24. The van der Waals surface area contributed by atoms with Crippen molar-refractivity contribution < 1.29 is 9.53 Å². The van der Waals surface area contributed by atoms with Crippen LogP contribution in [-0.2, 0) is 0 Å². The van der Waals surface area contributed by atoms with Crippen LogP contribution in [0, 0.1) is 0 Å². The fourth-order valence-corrected chi connectivity index (χ4v) is 2.92. The second kappa shape index (κ2) is 6.80. The number of rotatable bonds is 5. The van der Waals surface area contributed by atoms with Crippen molar-refractivity contribution in [3.05, 3.63) is 72.7 Å². The zero-order valence-corrected chi connectivity index (χ0v) is 14.6. The molecular formula is C20H17N5O2. The van der Waals surface area contributed by atoms with Crippen LogP contribution in [0.2, 0.25) is 0 Å². The molecule has 0 atom stereocenters. The van der Waals surface area contributed by atoms with Gasteiger partial charge in [0.25, 0.3) is 0 Å². The normalized spacial score (nSPS) is 10.7. The number of primary amides is 1. The molecule has 0 bridgehead atoms. The first-order valence-electron chi connectivity index (χ1n) is 8.29. The molecule has 1 amide bonds. The number of benzene rings is 2. The van der Waals surface area contributed by atoms with Crippen molar-refractivity contribution in [2.24, 2.45) is 5.73 Å². The molecule has 0 aliphatic carbocycles. The topological polar surface area (TPSA) is 94.5 Å². The molecule has 0 spiro atoms. The maximum atomic E-state index is 11.2. The summed E-state index contributed by atoms with van der Waals surface area (Å²) in [5.41, 5.74) is 9.03. The first-order chi connectivity index (χ1) is 13.2. The largest absolute Gasteiger partial charge is 0.496 e. The fraction of sp³-hybridized carbons (Fsp3) is 0.0500. The lowest BCUT2D eigenvalue weighted by Crippen LogP contribution is -2.10. The van der Waals surface area contributed by atoms with Gasteiger partial charge in [0.05, 0.1) is 19.0 Å². The van der Waals surface area contributed by atoms with Crippen LogP contribution < -0.4 is 15.8 Å². The average molecular weight is 359 g/mol. The molecule has 0 fully saturated rings. The van der Waals surface area contributed by atoms with Crippen LogP contribution in [0.5, 0.6) is 5.75 Å². The summed E-state index contributed by atoms with van der Waals surface area (Å²) in [6, 6.07) is 14.7. The van der Waals surface area contributed by atoms with Crippen LogP contribution in [-0.4, -0.2) is 27.4 Å². The number of hydrogen-bond donors (Lipinski definition) is 2. The van der Waals surface area contributed by atoms with E-state index in [1.807, 2.05) is 34.9 Å². The Balaban J connectivity index is 1.73. The molecule has 2 heterocycles. The predicted molar refractivity (Wildman–Crippen MR) is 103 cm³/mol. The number of anilines is 2. The number of ether oxygens (including phenoxy) is 1. The molecule has 3 N–H and O–H groups in total. The molecular weight excluding hydrogens is 342 g/mol. The van der Waals surface area contributed by atoms with E-state index >= 15 is 0 Å². The van der Waals surface area contributed by atoms with Gasteiger partial charge in [0.2, 0.25) is 5.91 Å². The molecule has 0 saturated heterocycles. The average Bonchev–Trinajstić information content (AvgIpc) is 3.13. The summed E-state index contributed by atoms with van der Waals surface area (Å²) in [6.45, 7) is 0. The van der Waals surface area contributed by atoms with E-state index < -0.39 is 5.91 Å². The lowest BCUT2D eigenvalue weighted by Gasteiger charge is -2.10. The number of para-hydroxylation sites is 1. The van der Waals surface area contributed by atoms with Crippen LogP contribution in [0.15, 0.2) is 67.1 Å². The number of aromatic nitrogens is 3. The van der Waals surface area contributed by atoms with E-state index in [-0.39, 0.29) is 0 Å². The maximum absolute atomic E-state index is 11.2. The van der Waals surface area contributed by atoms with Gasteiger partial charge < -0.3 is 15.8 Å². The highest BCUT2D eigenvalue weighted by molar-refractivity contribution is 5.93. The smallest absolute Gasteiger partial charge is 0.248 e. The number of hydrogen-bond acceptors (Lipinski definition) is 5. The van der Waals surface area contributed by atoms with Crippen molar-refractivity contribution in [2.45, 2.75) is 0 Å². The molecule has 0 unspecified atom stereocenters. The Morgan fingerprint density at radius 3 is 2.63 bits per heavy atom. The van der Waals surface area contributed by atoms with Gasteiger partial charge in [-0.3, -0.25) is 9.20 Å². The molecule has 134 valence electrons. The summed E-state index contributed by atoms with van der Waals surface area (Å²) in [6.07, 6.45) is 5.34. The first-order valence-corrected chi connectivity index (χ1v) is 8.29. The number of nitrogens with two attached hydrogens (primary N) is 1. The van der Waals surface area contributed by atoms with Gasteiger partial charge in [0.1, 0.15) is 5.75 Å². The molecule has 0 saturated carbocycles. The van der Waals surface area contributed by atoms with Crippen molar-refractivity contribution in [1.29, 1.82) is 0 Å². The van der Waals surface area contributed by atoms with E-state index in [0.29, 0.717) is 17.0 Å². The van der Waals surface area contributed by atoms with E-state index in [1.165, 1.54) is 0 Å². The summed E-state index contributed by atoms with van der Waals surface area (Å²) in [5, 5.41) is 3.23. The number of methoxy groups -OCH3 is 1. The summed E-state index contributed by atoms with van der Waals surface area (Å²) < 4.78 is 7.41. The molecule has 2 aromatic carbocycles. The van der Waals surface area contributed by atoms with Gasteiger partial charge in [-0.15, -0.1) is 0 Å². The standard InChI is InChI=1S/C20H17N5O2/c1-27-17-5-3-2-4-15(17)16-12-23-20-19(22-10-11-25(16)20)24-14-8-6-13(7-9-14)18(21)26/h2-12H,1H3,(H2,21,26)(H,22,24). The molecule has 27 heavy (non-hydrogen) atoms. The molecule has 4 aromatic rings. The van der Waals surface area contributed by atoms with Crippen LogP contribution in [0.25, 0.3) is 16.9 Å². The lowest BCUT2D eigenvalue weighted by atomic mass is 10.1. The van der Waals surface area contributed by atoms with Crippen molar-refractivity contribution in [3.63, 3.8) is 0 Å². The summed E-state index contributed by atoms with van der Waals surface area (Å²) in [5.74, 6) is 0.912. The summed E-state index contributed by atoms with van der Waals surface area (Å²) in [7, 11) is 1.65. The first kappa shape index (κ1) is 16.6. The van der Waals surface area contributed by atoms with Crippen LogP contribution >= 0.6 is 0 Å². The predicted octanol–water partition coefficient (Wildman–Crippen LogP) is 3.25. The van der Waals surface area contributed by atoms with E-state index in [4.69, 9.17) is 10.5 Å². The van der Waals surface area contributed by atoms with Crippen LogP contribution in [0.3, 0.4) is 0 Å². The Kier molecular flexibility index (Phi) is 4.18. The summed E-state index contributed by atoms with van der Waals surface area (Å²) >= 11 is 0. The minimum atomic E-state index is -0.462. The van der Waals surface area contributed by atoms with Gasteiger partial charge in [0.15, 0.2) is 11.5 Å². The Labute approximate surface area is 155 Å². The second-order valence-electron chi connectivity index (χ2n) is 5.88. The summed E-state index contributed by atoms with van der Waals surface area (Å²) in [4.78, 5) is 20.1. The Morgan fingerprint density at radius 2 is 1.89 bits per heavy atom. The number of nitrogens with one attached hydrogen (secondary N) is 1. The van der Waals surface area contributed by atoms with E-state index in [9.17, 15) is 4.79 Å². The number of carbonyl (C=O) groups is 1. The van der Waals surface area contributed by atoms with Crippen molar-refractivity contribution in [2.75, 3.05) is 12.4 Å². The second-order valence-corrected chi connectivity index (χ2v) is 5.88. The number of nitrogens with zero attached hydrogens (tertiary/aromatic N) is 3. The minimum Gasteiger partial charge on any atom is -0.496 e. The zero-order valence-electron chi connectivity index (χ0n) is 14.6. The molecule has 7 nitrogen and oxygen atoms in total. The van der Waals surface area contributed by atoms with Crippen molar-refractivity contribution in [1.82, 2.24) is 14.4 Å². The SMILES string of the molecule is COc1ccccc1-c1cnc2c(Nc3ccc(C(N)=O)cc3)nccn12. The van der Waals surface area contributed by atoms with E-state index in [0.717, 1.165) is 22.7 Å². The highest BCUT2D eigenvalue weighted by Crippen LogP contribution is 2.31. The third kappa shape index (κ3) is 3.06. The number of carbonyl (C=O) groups excluding carboxylic acids is 1. The zero-order chi connectivity index (χ0) is 18.8. The van der Waals surface area contributed by atoms with Gasteiger partial charge >= 0.3 is 0 Å². The molecule has 2 aromatic heterocycles. The monoisotopic (exact) mass is 359 g/mol. The molecule has 4 rings (SSSR count). The van der Waals surface area contributed by atoms with Crippen molar-refractivity contribution in [3.8, 4) is 17.0 Å². The van der Waals surface area contributed by atoms with Gasteiger partial charge in [-0.05, 0) is 36.4 Å². The van der Waals surface area contributed by atoms with E-state index in [2.05, 4.69) is 15.3 Å². The van der Waals surface area contributed by atoms with Gasteiger partial charge in [-0.1, -0.05) is 12.1 Å². The maximum Gasteiger partial charge on any atom is 0.248 e. The Morgan fingerprint density at radius 1 is 1.11 bits per heavy atom. The molecule has 0 aliphatic rings. The van der Waals surface area contributed by atoms with Gasteiger partial charge in [0, 0.05) is 29.2 Å².